The standard InChI is InChI=1S/C15H25N3O3S/c1-17(2)22(19,20)16-12-15(14-8-5-4-6-9-14)13-18(3)10-7-11-21-15/h4-6,8-9,16H,7,10-13H2,1-3H3. The first kappa shape index (κ1) is 17.4. The van der Waals surface area contributed by atoms with Gasteiger partial charge in [-0.3, -0.25) is 0 Å². The summed E-state index contributed by atoms with van der Waals surface area (Å²) in [5, 5.41) is 0. The quantitative estimate of drug-likeness (QED) is 0.862. The monoisotopic (exact) mass is 327 g/mol. The smallest absolute Gasteiger partial charge is 0.279 e. The van der Waals surface area contributed by atoms with E-state index in [2.05, 4.69) is 9.62 Å². The van der Waals surface area contributed by atoms with Crippen LogP contribution >= 0.6 is 0 Å². The van der Waals surface area contributed by atoms with Crippen molar-refractivity contribution in [2.45, 2.75) is 12.0 Å². The zero-order chi connectivity index (χ0) is 16.2. The number of rotatable bonds is 5. The summed E-state index contributed by atoms with van der Waals surface area (Å²) >= 11 is 0. The highest BCUT2D eigenvalue weighted by atomic mass is 32.2. The van der Waals surface area contributed by atoms with Crippen molar-refractivity contribution in [2.75, 3.05) is 47.4 Å². The molecule has 1 heterocycles. The Labute approximate surface area is 133 Å². The lowest BCUT2D eigenvalue weighted by Crippen LogP contribution is -2.50. The van der Waals surface area contributed by atoms with Gasteiger partial charge in [0.05, 0.1) is 0 Å². The molecule has 22 heavy (non-hydrogen) atoms. The molecule has 1 atom stereocenters. The highest BCUT2D eigenvalue weighted by molar-refractivity contribution is 7.87. The second-order valence-electron chi connectivity index (χ2n) is 5.91. The molecule has 1 unspecified atom stereocenters. The van der Waals surface area contributed by atoms with Crippen LogP contribution in [-0.2, 0) is 20.5 Å². The van der Waals surface area contributed by atoms with Crippen molar-refractivity contribution in [1.29, 1.82) is 0 Å². The van der Waals surface area contributed by atoms with E-state index in [-0.39, 0.29) is 6.54 Å². The molecular formula is C15H25N3O3S. The van der Waals surface area contributed by atoms with Crippen molar-refractivity contribution in [3.8, 4) is 0 Å². The van der Waals surface area contributed by atoms with Gasteiger partial charge in [0.25, 0.3) is 10.2 Å². The van der Waals surface area contributed by atoms with Gasteiger partial charge >= 0.3 is 0 Å². The van der Waals surface area contributed by atoms with Crippen LogP contribution in [0.4, 0.5) is 0 Å². The van der Waals surface area contributed by atoms with Gasteiger partial charge in [0, 0.05) is 40.3 Å². The molecule has 0 saturated carbocycles. The molecule has 2 rings (SSSR count). The van der Waals surface area contributed by atoms with Crippen LogP contribution in [0.25, 0.3) is 0 Å². The summed E-state index contributed by atoms with van der Waals surface area (Å²) in [5.74, 6) is 0. The van der Waals surface area contributed by atoms with Gasteiger partial charge in [-0.05, 0) is 19.0 Å². The highest BCUT2D eigenvalue weighted by Crippen LogP contribution is 2.28. The molecule has 0 aromatic heterocycles. The van der Waals surface area contributed by atoms with Gasteiger partial charge in [0.2, 0.25) is 0 Å². The van der Waals surface area contributed by atoms with Gasteiger partial charge in [-0.1, -0.05) is 30.3 Å². The summed E-state index contributed by atoms with van der Waals surface area (Å²) in [4.78, 5) is 2.18. The summed E-state index contributed by atoms with van der Waals surface area (Å²) in [6.45, 7) is 2.41. The molecule has 0 bridgehead atoms. The van der Waals surface area contributed by atoms with Crippen molar-refractivity contribution < 1.29 is 13.2 Å². The molecule has 1 aromatic carbocycles. The number of hydrogen-bond acceptors (Lipinski definition) is 4. The highest BCUT2D eigenvalue weighted by Gasteiger charge is 2.37. The van der Waals surface area contributed by atoms with E-state index in [9.17, 15) is 8.42 Å². The third-order valence-electron chi connectivity index (χ3n) is 3.91. The van der Waals surface area contributed by atoms with Crippen LogP contribution in [-0.4, -0.2) is 65.0 Å². The second-order valence-corrected chi connectivity index (χ2v) is 7.88. The molecule has 124 valence electrons. The topological polar surface area (TPSA) is 61.9 Å². The predicted octanol–water partition coefficient (Wildman–Crippen LogP) is 0.630. The van der Waals surface area contributed by atoms with E-state index in [1.165, 1.54) is 18.4 Å². The molecular weight excluding hydrogens is 302 g/mol. The first-order valence-electron chi connectivity index (χ1n) is 7.41. The van der Waals surface area contributed by atoms with Crippen LogP contribution in [0.3, 0.4) is 0 Å². The molecule has 1 N–H and O–H groups in total. The Morgan fingerprint density at radius 1 is 1.32 bits per heavy atom. The first-order chi connectivity index (χ1) is 10.4. The molecule has 1 aliphatic rings. The van der Waals surface area contributed by atoms with Gasteiger partial charge in [-0.15, -0.1) is 0 Å². The lowest BCUT2D eigenvalue weighted by atomic mass is 9.93. The summed E-state index contributed by atoms with van der Waals surface area (Å²) in [6, 6.07) is 9.82. The van der Waals surface area contributed by atoms with Crippen molar-refractivity contribution in [2.24, 2.45) is 0 Å². The van der Waals surface area contributed by atoms with E-state index in [4.69, 9.17) is 4.74 Å². The fraction of sp³-hybridized carbons (Fsp3) is 0.600. The number of hydrogen-bond donors (Lipinski definition) is 1. The van der Waals surface area contributed by atoms with E-state index in [0.29, 0.717) is 13.2 Å². The fourth-order valence-electron chi connectivity index (χ4n) is 2.63. The minimum absolute atomic E-state index is 0.210. The minimum atomic E-state index is -3.49. The third kappa shape index (κ3) is 4.05. The van der Waals surface area contributed by atoms with Crippen LogP contribution in [0, 0.1) is 0 Å². The van der Waals surface area contributed by atoms with Crippen molar-refractivity contribution >= 4 is 10.2 Å². The Kier molecular flexibility index (Phi) is 5.57. The summed E-state index contributed by atoms with van der Waals surface area (Å²) < 4.78 is 34.1. The first-order valence-corrected chi connectivity index (χ1v) is 8.85. The molecule has 7 heteroatoms. The molecule has 0 spiro atoms. The molecule has 0 aliphatic carbocycles. The number of ether oxygens (including phenoxy) is 1. The largest absolute Gasteiger partial charge is 0.368 e. The maximum absolute atomic E-state index is 12.1. The maximum atomic E-state index is 12.1. The van der Waals surface area contributed by atoms with E-state index in [0.717, 1.165) is 18.5 Å². The Morgan fingerprint density at radius 2 is 2.00 bits per heavy atom. The minimum Gasteiger partial charge on any atom is -0.368 e. The average Bonchev–Trinajstić information content (AvgIpc) is 2.68. The van der Waals surface area contributed by atoms with Gasteiger partial charge in [-0.25, -0.2) is 0 Å². The van der Waals surface area contributed by atoms with Crippen molar-refractivity contribution in [1.82, 2.24) is 13.9 Å². The summed E-state index contributed by atoms with van der Waals surface area (Å²) in [5.41, 5.74) is 0.320. The van der Waals surface area contributed by atoms with Gasteiger partial charge in [0.15, 0.2) is 0 Å². The van der Waals surface area contributed by atoms with Gasteiger partial charge in [-0.2, -0.15) is 17.4 Å². The van der Waals surface area contributed by atoms with Crippen LogP contribution in [0.15, 0.2) is 30.3 Å². The van der Waals surface area contributed by atoms with E-state index >= 15 is 0 Å². The molecule has 6 nitrogen and oxygen atoms in total. The van der Waals surface area contributed by atoms with Crippen LogP contribution in [0.2, 0.25) is 0 Å². The number of likely N-dealkylation sites (N-methyl/N-ethyl adjacent to an activating group) is 1. The molecule has 0 amide bonds. The Hall–Kier alpha value is -0.990. The third-order valence-corrected chi connectivity index (χ3v) is 5.38. The zero-order valence-electron chi connectivity index (χ0n) is 13.4. The second kappa shape index (κ2) is 7.06. The molecule has 0 radical (unpaired) electrons. The van der Waals surface area contributed by atoms with Crippen molar-refractivity contribution in [3.63, 3.8) is 0 Å². The summed E-state index contributed by atoms with van der Waals surface area (Å²) in [6.07, 6.45) is 0.936. The van der Waals surface area contributed by atoms with Crippen LogP contribution in [0.5, 0.6) is 0 Å². The lowest BCUT2D eigenvalue weighted by Gasteiger charge is -2.35. The molecule has 1 saturated heterocycles. The Balaban J connectivity index is 2.30. The fourth-order valence-corrected chi connectivity index (χ4v) is 3.30. The van der Waals surface area contributed by atoms with Gasteiger partial charge < -0.3 is 9.64 Å². The van der Waals surface area contributed by atoms with Crippen LogP contribution in [0.1, 0.15) is 12.0 Å². The lowest BCUT2D eigenvalue weighted by molar-refractivity contribution is -0.0446. The Morgan fingerprint density at radius 3 is 2.64 bits per heavy atom. The average molecular weight is 327 g/mol. The van der Waals surface area contributed by atoms with E-state index < -0.39 is 15.8 Å². The molecule has 1 aliphatic heterocycles. The number of nitrogens with one attached hydrogen (secondary N) is 1. The van der Waals surface area contributed by atoms with Crippen LogP contribution < -0.4 is 4.72 Å². The molecule has 1 aromatic rings. The maximum Gasteiger partial charge on any atom is 0.279 e. The summed E-state index contributed by atoms with van der Waals surface area (Å²) in [7, 11) is 1.57. The predicted molar refractivity (Wildman–Crippen MR) is 86.8 cm³/mol. The van der Waals surface area contributed by atoms with Gasteiger partial charge in [0.1, 0.15) is 5.60 Å². The SMILES string of the molecule is CN1CCCOC(CNS(=O)(=O)N(C)C)(c2ccccc2)C1. The normalized spacial score (nSPS) is 24.4. The zero-order valence-corrected chi connectivity index (χ0v) is 14.3. The number of benzene rings is 1. The molecule has 1 fully saturated rings. The van der Waals surface area contributed by atoms with E-state index in [1.54, 1.807) is 0 Å². The van der Waals surface area contributed by atoms with E-state index in [1.807, 2.05) is 37.4 Å². The number of nitrogens with zero attached hydrogens (tertiary/aromatic N) is 2. The Bertz CT molecular complexity index is 577. The van der Waals surface area contributed by atoms with Crippen molar-refractivity contribution in [3.05, 3.63) is 35.9 Å².